The summed E-state index contributed by atoms with van der Waals surface area (Å²) in [5.41, 5.74) is 8.29. The van der Waals surface area contributed by atoms with E-state index in [9.17, 15) is 0 Å². The lowest BCUT2D eigenvalue weighted by molar-refractivity contribution is 0.871. The van der Waals surface area contributed by atoms with Gasteiger partial charge in [0.1, 0.15) is 5.82 Å². The number of imidazole rings is 1. The van der Waals surface area contributed by atoms with Crippen LogP contribution in [-0.2, 0) is 0 Å². The molecule has 13 heavy (non-hydrogen) atoms. The molecule has 2 heterocycles. The monoisotopic (exact) mass is 198 g/mol. The average molecular weight is 199 g/mol. The summed E-state index contributed by atoms with van der Waals surface area (Å²) in [7, 11) is 0. The van der Waals surface area contributed by atoms with Gasteiger partial charge in [-0.1, -0.05) is 0 Å². The standard InChI is InChI=1S/C8H10N4.ClH/c1-5-3-4-7-10-8(9)6(2)12(7)11-5;/h3-4H,9H2,1-2H3;1H. The quantitative estimate of drug-likeness (QED) is 0.695. The van der Waals surface area contributed by atoms with Gasteiger partial charge in [-0.25, -0.2) is 9.50 Å². The van der Waals surface area contributed by atoms with Gasteiger partial charge in [0.15, 0.2) is 5.65 Å². The maximum atomic E-state index is 5.63. The van der Waals surface area contributed by atoms with Gasteiger partial charge in [0, 0.05) is 0 Å². The Morgan fingerprint density at radius 2 is 2.00 bits per heavy atom. The van der Waals surface area contributed by atoms with E-state index in [0.29, 0.717) is 5.82 Å². The molecule has 2 N–H and O–H groups in total. The van der Waals surface area contributed by atoms with E-state index in [0.717, 1.165) is 17.0 Å². The highest BCUT2D eigenvalue weighted by molar-refractivity contribution is 5.85. The highest BCUT2D eigenvalue weighted by Crippen LogP contribution is 2.11. The summed E-state index contributed by atoms with van der Waals surface area (Å²) < 4.78 is 1.75. The normalized spacial score (nSPS) is 10.0. The smallest absolute Gasteiger partial charge is 0.156 e. The number of aryl methyl sites for hydroxylation is 2. The first-order valence-electron chi connectivity index (χ1n) is 3.77. The molecule has 2 rings (SSSR count). The van der Waals surface area contributed by atoms with E-state index < -0.39 is 0 Å². The number of nitrogens with two attached hydrogens (primary N) is 1. The van der Waals surface area contributed by atoms with Crippen LogP contribution in [0.25, 0.3) is 5.65 Å². The van der Waals surface area contributed by atoms with Crippen LogP contribution in [-0.4, -0.2) is 14.6 Å². The molecule has 0 saturated carbocycles. The second kappa shape index (κ2) is 3.22. The number of aromatic nitrogens is 3. The Balaban J connectivity index is 0.000000845. The van der Waals surface area contributed by atoms with Gasteiger partial charge in [-0.05, 0) is 26.0 Å². The zero-order valence-electron chi connectivity index (χ0n) is 7.48. The van der Waals surface area contributed by atoms with Gasteiger partial charge in [-0.15, -0.1) is 12.4 Å². The van der Waals surface area contributed by atoms with E-state index in [-0.39, 0.29) is 12.4 Å². The Morgan fingerprint density at radius 3 is 2.69 bits per heavy atom. The van der Waals surface area contributed by atoms with Crippen LogP contribution in [0.5, 0.6) is 0 Å². The number of hydrogen-bond donors (Lipinski definition) is 1. The van der Waals surface area contributed by atoms with E-state index in [2.05, 4.69) is 10.1 Å². The number of rotatable bonds is 0. The van der Waals surface area contributed by atoms with Crippen LogP contribution in [0.3, 0.4) is 0 Å². The molecule has 0 amide bonds. The van der Waals surface area contributed by atoms with Gasteiger partial charge in [-0.2, -0.15) is 5.10 Å². The predicted octanol–water partition coefficient (Wildman–Crippen LogP) is 1.35. The van der Waals surface area contributed by atoms with Crippen LogP contribution in [0.15, 0.2) is 12.1 Å². The molecule has 2 aromatic heterocycles. The Labute approximate surface area is 82.2 Å². The maximum absolute atomic E-state index is 5.63. The summed E-state index contributed by atoms with van der Waals surface area (Å²) in [5.74, 6) is 0.549. The van der Waals surface area contributed by atoms with Gasteiger partial charge >= 0.3 is 0 Å². The molecule has 0 unspecified atom stereocenters. The van der Waals surface area contributed by atoms with E-state index >= 15 is 0 Å². The zero-order valence-corrected chi connectivity index (χ0v) is 8.30. The molecule has 70 valence electrons. The fourth-order valence-electron chi connectivity index (χ4n) is 1.15. The summed E-state index contributed by atoms with van der Waals surface area (Å²) in [6.07, 6.45) is 0. The molecular formula is C8H11ClN4. The van der Waals surface area contributed by atoms with Crippen LogP contribution >= 0.6 is 12.4 Å². The highest BCUT2D eigenvalue weighted by atomic mass is 35.5. The van der Waals surface area contributed by atoms with E-state index in [1.54, 1.807) is 4.52 Å². The van der Waals surface area contributed by atoms with Crippen LogP contribution in [0.1, 0.15) is 11.4 Å². The fraction of sp³-hybridized carbons (Fsp3) is 0.250. The second-order valence-electron chi connectivity index (χ2n) is 2.83. The molecule has 0 aromatic carbocycles. The minimum Gasteiger partial charge on any atom is -0.382 e. The molecule has 0 aliphatic heterocycles. The van der Waals surface area contributed by atoms with Crippen molar-refractivity contribution < 1.29 is 0 Å². The third-order valence-corrected chi connectivity index (χ3v) is 1.87. The first-order chi connectivity index (χ1) is 5.68. The third kappa shape index (κ3) is 1.45. The number of anilines is 1. The molecule has 0 fully saturated rings. The molecule has 4 nitrogen and oxygen atoms in total. The van der Waals surface area contributed by atoms with Gasteiger partial charge in [0.05, 0.1) is 11.4 Å². The molecule has 5 heteroatoms. The van der Waals surface area contributed by atoms with Gasteiger partial charge < -0.3 is 5.73 Å². The summed E-state index contributed by atoms with van der Waals surface area (Å²) in [4.78, 5) is 4.13. The SMILES string of the molecule is Cc1ccc2nc(N)c(C)n2n1.Cl. The van der Waals surface area contributed by atoms with E-state index in [1.807, 2.05) is 26.0 Å². The lowest BCUT2D eigenvalue weighted by atomic mass is 10.4. The molecule has 0 radical (unpaired) electrons. The van der Waals surface area contributed by atoms with Crippen molar-refractivity contribution in [1.82, 2.24) is 14.6 Å². The van der Waals surface area contributed by atoms with Crippen molar-refractivity contribution in [3.63, 3.8) is 0 Å². The topological polar surface area (TPSA) is 56.2 Å². The molecule has 0 aliphatic carbocycles. The molecule has 0 atom stereocenters. The Morgan fingerprint density at radius 1 is 1.31 bits per heavy atom. The number of nitrogens with zero attached hydrogens (tertiary/aromatic N) is 3. The molecule has 2 aromatic rings. The van der Waals surface area contributed by atoms with Gasteiger partial charge in [-0.3, -0.25) is 0 Å². The minimum atomic E-state index is 0. The third-order valence-electron chi connectivity index (χ3n) is 1.87. The largest absolute Gasteiger partial charge is 0.382 e. The van der Waals surface area contributed by atoms with Crippen LogP contribution in [0, 0.1) is 13.8 Å². The Bertz CT molecular complexity index is 435. The van der Waals surface area contributed by atoms with Crippen molar-refractivity contribution >= 4 is 23.9 Å². The number of fused-ring (bicyclic) bond motifs is 1. The minimum absolute atomic E-state index is 0. The maximum Gasteiger partial charge on any atom is 0.156 e. The van der Waals surface area contributed by atoms with Gasteiger partial charge in [0.2, 0.25) is 0 Å². The van der Waals surface area contributed by atoms with Crippen LogP contribution in [0.2, 0.25) is 0 Å². The predicted molar refractivity (Wildman–Crippen MR) is 54.1 cm³/mol. The van der Waals surface area contributed by atoms with E-state index in [1.165, 1.54) is 0 Å². The molecule has 0 spiro atoms. The first-order valence-corrected chi connectivity index (χ1v) is 3.77. The van der Waals surface area contributed by atoms with Crippen LogP contribution < -0.4 is 5.73 Å². The van der Waals surface area contributed by atoms with Crippen molar-refractivity contribution in [3.05, 3.63) is 23.5 Å². The Hall–Kier alpha value is -1.29. The second-order valence-corrected chi connectivity index (χ2v) is 2.83. The molecule has 0 saturated heterocycles. The number of nitrogen functional groups attached to an aromatic ring is 1. The lowest BCUT2D eigenvalue weighted by Crippen LogP contribution is -1.96. The van der Waals surface area contributed by atoms with Gasteiger partial charge in [0.25, 0.3) is 0 Å². The summed E-state index contributed by atoms with van der Waals surface area (Å²) in [5, 5.41) is 4.27. The van der Waals surface area contributed by atoms with Crippen molar-refractivity contribution in [2.75, 3.05) is 5.73 Å². The van der Waals surface area contributed by atoms with E-state index in [4.69, 9.17) is 5.73 Å². The molecule has 0 aliphatic rings. The number of halogens is 1. The molecular weight excluding hydrogens is 188 g/mol. The zero-order chi connectivity index (χ0) is 8.72. The lowest BCUT2D eigenvalue weighted by Gasteiger charge is -1.95. The average Bonchev–Trinajstić information content (AvgIpc) is 2.31. The first kappa shape index (κ1) is 9.80. The van der Waals surface area contributed by atoms with Crippen molar-refractivity contribution in [2.24, 2.45) is 0 Å². The summed E-state index contributed by atoms with van der Waals surface area (Å²) in [6, 6.07) is 3.83. The summed E-state index contributed by atoms with van der Waals surface area (Å²) in [6.45, 7) is 3.84. The fourth-order valence-corrected chi connectivity index (χ4v) is 1.15. The highest BCUT2D eigenvalue weighted by Gasteiger charge is 2.04. The van der Waals surface area contributed by atoms with Crippen molar-refractivity contribution in [1.29, 1.82) is 0 Å². The number of hydrogen-bond acceptors (Lipinski definition) is 3. The van der Waals surface area contributed by atoms with Crippen molar-refractivity contribution in [3.8, 4) is 0 Å². The van der Waals surface area contributed by atoms with Crippen LogP contribution in [0.4, 0.5) is 5.82 Å². The Kier molecular flexibility index (Phi) is 2.43. The van der Waals surface area contributed by atoms with Crippen molar-refractivity contribution in [2.45, 2.75) is 13.8 Å². The molecule has 0 bridgehead atoms. The summed E-state index contributed by atoms with van der Waals surface area (Å²) >= 11 is 0.